The van der Waals surface area contributed by atoms with Crippen LogP contribution in [0.1, 0.15) is 37.3 Å². The fourth-order valence-electron chi connectivity index (χ4n) is 4.62. The van der Waals surface area contributed by atoms with Gasteiger partial charge >= 0.3 is 12.1 Å². The van der Waals surface area contributed by atoms with Gasteiger partial charge in [-0.15, -0.1) is 0 Å². The zero-order valence-electron chi connectivity index (χ0n) is 21.0. The fraction of sp³-hybridized carbons (Fsp3) is 0.444. The van der Waals surface area contributed by atoms with Crippen molar-refractivity contribution in [3.05, 3.63) is 59.7 Å². The summed E-state index contributed by atoms with van der Waals surface area (Å²) in [5.74, 6) is 0.842. The first kappa shape index (κ1) is 26.0. The number of ether oxygens (including phenoxy) is 2. The summed E-state index contributed by atoms with van der Waals surface area (Å²) in [6, 6.07) is 16.6. The molecular weight excluding hydrogens is 476 g/mol. The lowest BCUT2D eigenvalue weighted by Gasteiger charge is -2.26. The van der Waals surface area contributed by atoms with Crippen molar-refractivity contribution >= 4 is 29.0 Å². The second-order valence-corrected chi connectivity index (χ2v) is 10.5. The molecule has 0 saturated heterocycles. The number of nitrogens with zero attached hydrogens (tertiary/aromatic N) is 2. The molecule has 0 saturated carbocycles. The number of carbonyl (C=O) groups excluding carboxylic acids is 2. The number of aliphatic imine (C=N–C) groups is 1. The van der Waals surface area contributed by atoms with Crippen molar-refractivity contribution in [1.29, 1.82) is 0 Å². The van der Waals surface area contributed by atoms with Crippen molar-refractivity contribution in [1.82, 2.24) is 15.5 Å². The number of alkyl carbamates (subject to hydrolysis) is 1. The van der Waals surface area contributed by atoms with E-state index in [1.54, 1.807) is 11.8 Å². The van der Waals surface area contributed by atoms with Gasteiger partial charge in [-0.05, 0) is 34.6 Å². The molecular formula is C27H34N4O4S. The Morgan fingerprint density at radius 1 is 1.14 bits per heavy atom. The Hall–Kier alpha value is -3.04. The highest BCUT2D eigenvalue weighted by molar-refractivity contribution is 8.13. The quantitative estimate of drug-likeness (QED) is 0.492. The number of methoxy groups -OCH3 is 1. The standard InChI is InChI=1S/C27H34N4O4S/c1-18(2)12-19(15-36-26-28-16-31(17-29-26)13-25(32)34-3)30-27(33)35-14-24-22-10-6-4-8-20(22)21-9-5-7-11-23(21)24/h4-11,18-19,24H,12-17H2,1-3H3,(H,28,29)(H,30,33)/t19-/m0/s1. The summed E-state index contributed by atoms with van der Waals surface area (Å²) in [6.45, 7) is 5.72. The molecule has 1 atom stereocenters. The lowest BCUT2D eigenvalue weighted by Crippen LogP contribution is -2.45. The Bertz CT molecular complexity index is 1060. The molecule has 0 spiro atoms. The zero-order chi connectivity index (χ0) is 25.5. The van der Waals surface area contributed by atoms with Crippen molar-refractivity contribution in [3.8, 4) is 11.1 Å². The Balaban J connectivity index is 1.30. The van der Waals surface area contributed by atoms with E-state index < -0.39 is 6.09 Å². The Labute approximate surface area is 216 Å². The van der Waals surface area contributed by atoms with Crippen LogP contribution >= 0.6 is 11.8 Å². The number of nitrogens with one attached hydrogen (secondary N) is 2. The average molecular weight is 511 g/mol. The molecule has 2 aromatic rings. The number of fused-ring (bicyclic) bond motifs is 3. The van der Waals surface area contributed by atoms with Crippen molar-refractivity contribution in [2.24, 2.45) is 10.9 Å². The van der Waals surface area contributed by atoms with Crippen LogP contribution in [0.15, 0.2) is 53.5 Å². The maximum Gasteiger partial charge on any atom is 0.407 e. The maximum absolute atomic E-state index is 12.8. The van der Waals surface area contributed by atoms with Gasteiger partial charge in [0, 0.05) is 17.7 Å². The van der Waals surface area contributed by atoms with E-state index in [0.29, 0.717) is 31.6 Å². The second-order valence-electron chi connectivity index (χ2n) is 9.45. The van der Waals surface area contributed by atoms with Gasteiger partial charge in [0.1, 0.15) is 6.61 Å². The molecule has 0 radical (unpaired) electrons. The van der Waals surface area contributed by atoms with Gasteiger partial charge in [0.2, 0.25) is 0 Å². The first-order valence-corrected chi connectivity index (χ1v) is 13.2. The summed E-state index contributed by atoms with van der Waals surface area (Å²) in [5, 5.41) is 7.10. The topological polar surface area (TPSA) is 92.3 Å². The molecule has 2 aliphatic rings. The van der Waals surface area contributed by atoms with E-state index in [9.17, 15) is 9.59 Å². The van der Waals surface area contributed by atoms with Gasteiger partial charge in [0.25, 0.3) is 0 Å². The van der Waals surface area contributed by atoms with E-state index in [0.717, 1.165) is 11.6 Å². The van der Waals surface area contributed by atoms with Crippen LogP contribution in [-0.2, 0) is 14.3 Å². The molecule has 36 heavy (non-hydrogen) atoms. The van der Waals surface area contributed by atoms with Gasteiger partial charge < -0.3 is 20.1 Å². The summed E-state index contributed by atoms with van der Waals surface area (Å²) in [4.78, 5) is 30.6. The highest BCUT2D eigenvalue weighted by atomic mass is 32.2. The monoisotopic (exact) mass is 510 g/mol. The van der Waals surface area contributed by atoms with E-state index >= 15 is 0 Å². The Kier molecular flexibility index (Phi) is 8.88. The molecule has 2 N–H and O–H groups in total. The second kappa shape index (κ2) is 12.3. The largest absolute Gasteiger partial charge is 0.468 e. The summed E-state index contributed by atoms with van der Waals surface area (Å²) >= 11 is 1.57. The third-order valence-electron chi connectivity index (χ3n) is 6.29. The summed E-state index contributed by atoms with van der Waals surface area (Å²) in [7, 11) is 1.38. The molecule has 1 aliphatic heterocycles. The van der Waals surface area contributed by atoms with Gasteiger partial charge in [-0.3, -0.25) is 9.69 Å². The van der Waals surface area contributed by atoms with Crippen LogP contribution < -0.4 is 10.6 Å². The number of hydrogen-bond acceptors (Lipinski definition) is 8. The van der Waals surface area contributed by atoms with Gasteiger partial charge in [0.15, 0.2) is 5.17 Å². The van der Waals surface area contributed by atoms with E-state index in [1.807, 2.05) is 29.2 Å². The average Bonchev–Trinajstić information content (AvgIpc) is 3.20. The number of benzene rings is 2. The molecule has 1 aliphatic carbocycles. The van der Waals surface area contributed by atoms with Crippen molar-refractivity contribution in [2.45, 2.75) is 32.2 Å². The third-order valence-corrected chi connectivity index (χ3v) is 7.41. The molecule has 9 heteroatoms. The van der Waals surface area contributed by atoms with Crippen LogP contribution in [0.4, 0.5) is 4.79 Å². The highest BCUT2D eigenvalue weighted by Crippen LogP contribution is 2.44. The van der Waals surface area contributed by atoms with Gasteiger partial charge in [-0.2, -0.15) is 0 Å². The molecule has 1 amide bonds. The SMILES string of the molecule is COC(=O)CN1CN=C(SC[C@H](CC(C)C)NC(=O)OCC2c3ccccc3-c3ccccc32)NC1. The zero-order valence-corrected chi connectivity index (χ0v) is 21.8. The van der Waals surface area contributed by atoms with Gasteiger partial charge in [-0.1, -0.05) is 74.1 Å². The molecule has 0 bridgehead atoms. The smallest absolute Gasteiger partial charge is 0.407 e. The van der Waals surface area contributed by atoms with Gasteiger partial charge in [0.05, 0.1) is 27.0 Å². The van der Waals surface area contributed by atoms with Crippen LogP contribution in [-0.4, -0.2) is 67.5 Å². The molecule has 0 fully saturated rings. The number of thioether (sulfide) groups is 1. The van der Waals surface area contributed by atoms with Gasteiger partial charge in [-0.25, -0.2) is 9.79 Å². The van der Waals surface area contributed by atoms with Crippen LogP contribution in [0.2, 0.25) is 0 Å². The molecule has 1 heterocycles. The van der Waals surface area contributed by atoms with Crippen molar-refractivity contribution in [2.75, 3.05) is 39.4 Å². The molecule has 192 valence electrons. The minimum atomic E-state index is -0.397. The summed E-state index contributed by atoms with van der Waals surface area (Å²) < 4.78 is 10.5. The summed E-state index contributed by atoms with van der Waals surface area (Å²) in [6.07, 6.45) is 0.435. The molecule has 8 nitrogen and oxygen atoms in total. The Morgan fingerprint density at radius 3 is 2.39 bits per heavy atom. The number of carbonyl (C=O) groups is 2. The molecule has 2 aromatic carbocycles. The first-order chi connectivity index (χ1) is 17.4. The Morgan fingerprint density at radius 2 is 1.81 bits per heavy atom. The number of amides is 1. The first-order valence-electron chi connectivity index (χ1n) is 12.3. The number of hydrogen-bond donors (Lipinski definition) is 2. The number of esters is 1. The van der Waals surface area contributed by atoms with Crippen LogP contribution in [0.3, 0.4) is 0 Å². The molecule has 4 rings (SSSR count). The minimum absolute atomic E-state index is 0.0369. The summed E-state index contributed by atoms with van der Waals surface area (Å²) in [5.41, 5.74) is 4.82. The third kappa shape index (κ3) is 6.59. The lowest BCUT2D eigenvalue weighted by molar-refractivity contribution is -0.142. The van der Waals surface area contributed by atoms with E-state index in [-0.39, 0.29) is 24.5 Å². The van der Waals surface area contributed by atoms with Crippen molar-refractivity contribution < 1.29 is 19.1 Å². The van der Waals surface area contributed by atoms with Crippen molar-refractivity contribution in [3.63, 3.8) is 0 Å². The molecule has 0 aromatic heterocycles. The normalized spacial score (nSPS) is 15.9. The number of rotatable bonds is 9. The predicted octanol–water partition coefficient (Wildman–Crippen LogP) is 4.02. The van der Waals surface area contributed by atoms with E-state index in [1.165, 1.54) is 29.4 Å². The van der Waals surface area contributed by atoms with E-state index in [2.05, 4.69) is 53.7 Å². The van der Waals surface area contributed by atoms with Crippen LogP contribution in [0, 0.1) is 5.92 Å². The minimum Gasteiger partial charge on any atom is -0.468 e. The predicted molar refractivity (Wildman–Crippen MR) is 143 cm³/mol. The number of amidine groups is 1. The van der Waals surface area contributed by atoms with Crippen LogP contribution in [0.25, 0.3) is 11.1 Å². The highest BCUT2D eigenvalue weighted by Gasteiger charge is 2.29. The van der Waals surface area contributed by atoms with E-state index in [4.69, 9.17) is 9.47 Å². The lowest BCUT2D eigenvalue weighted by atomic mass is 9.98. The fourth-order valence-corrected chi connectivity index (χ4v) is 5.52. The molecule has 0 unspecified atom stereocenters. The van der Waals surface area contributed by atoms with Crippen LogP contribution in [0.5, 0.6) is 0 Å². The maximum atomic E-state index is 12.8.